The predicted octanol–water partition coefficient (Wildman–Crippen LogP) is 2.86. The fourth-order valence-electron chi connectivity index (χ4n) is 2.89. The second-order valence-electron chi connectivity index (χ2n) is 6.53. The van der Waals surface area contributed by atoms with Crippen molar-refractivity contribution in [1.29, 1.82) is 0 Å². The molecule has 8 heteroatoms. The molecule has 0 saturated heterocycles. The van der Waals surface area contributed by atoms with Crippen LogP contribution in [0.4, 0.5) is 4.79 Å². The molecule has 8 nitrogen and oxygen atoms in total. The van der Waals surface area contributed by atoms with Crippen molar-refractivity contribution in [2.24, 2.45) is 10.6 Å². The molecule has 0 aromatic heterocycles. The van der Waals surface area contributed by atoms with Gasteiger partial charge in [0.1, 0.15) is 0 Å². The highest BCUT2D eigenvalue weighted by molar-refractivity contribution is 6.35. The summed E-state index contributed by atoms with van der Waals surface area (Å²) in [5, 5.41) is 15.1. The zero-order valence-corrected chi connectivity index (χ0v) is 15.0. The predicted molar refractivity (Wildman–Crippen MR) is 91.2 cm³/mol. The Hall–Kier alpha value is -2.12. The van der Waals surface area contributed by atoms with Gasteiger partial charge in [0, 0.05) is 6.54 Å². The molecule has 1 fully saturated rings. The number of nitrogens with zero attached hydrogens (tertiary/aromatic N) is 1. The van der Waals surface area contributed by atoms with E-state index in [4.69, 9.17) is 9.84 Å². The van der Waals surface area contributed by atoms with E-state index < -0.39 is 23.4 Å². The highest BCUT2D eigenvalue weighted by atomic mass is 16.7. The highest BCUT2D eigenvalue weighted by Crippen LogP contribution is 2.38. The molecule has 2 N–H and O–H groups in total. The molecule has 0 aromatic rings. The zero-order chi connectivity index (χ0) is 18.7. The van der Waals surface area contributed by atoms with Crippen LogP contribution in [-0.2, 0) is 19.2 Å². The molecule has 1 aliphatic carbocycles. The molecule has 0 spiro atoms. The van der Waals surface area contributed by atoms with E-state index in [2.05, 4.69) is 15.3 Å². The summed E-state index contributed by atoms with van der Waals surface area (Å²) in [5.74, 6) is -1.50. The van der Waals surface area contributed by atoms with Gasteiger partial charge in [-0.3, -0.25) is 9.63 Å². The Bertz CT molecular complexity index is 497. The molecule has 1 amide bonds. The zero-order valence-electron chi connectivity index (χ0n) is 15.0. The van der Waals surface area contributed by atoms with Gasteiger partial charge in [-0.2, -0.15) is 0 Å². The molecule has 25 heavy (non-hydrogen) atoms. The number of carbonyl (C=O) groups excluding carboxylic acids is 2. The largest absolute Gasteiger partial charge is 0.481 e. The molecule has 0 unspecified atom stereocenters. The van der Waals surface area contributed by atoms with Gasteiger partial charge >= 0.3 is 18.0 Å². The SMILES string of the molecule is CCCCOC(=O)/C(C)=N\OC(=O)NCC1(CC(=O)O)CCCCC1. The number of rotatable bonds is 9. The van der Waals surface area contributed by atoms with E-state index in [0.29, 0.717) is 6.61 Å². The first-order valence-electron chi connectivity index (χ1n) is 8.77. The van der Waals surface area contributed by atoms with E-state index in [-0.39, 0.29) is 18.7 Å². The molecule has 0 atom stereocenters. The maximum Gasteiger partial charge on any atom is 0.433 e. The standard InChI is InChI=1S/C17H28N2O6/c1-3-4-10-24-15(22)13(2)19-25-16(23)18-12-17(11-14(20)21)8-6-5-7-9-17/h3-12H2,1-2H3,(H,18,23)(H,20,21)/b19-13-. The van der Waals surface area contributed by atoms with Crippen LogP contribution in [0.2, 0.25) is 0 Å². The molecule has 1 saturated carbocycles. The second kappa shape index (κ2) is 10.7. The van der Waals surface area contributed by atoms with E-state index >= 15 is 0 Å². The molecule has 0 heterocycles. The van der Waals surface area contributed by atoms with Crippen LogP contribution in [0.1, 0.15) is 65.2 Å². The van der Waals surface area contributed by atoms with E-state index in [1.165, 1.54) is 6.92 Å². The minimum atomic E-state index is -0.874. The minimum Gasteiger partial charge on any atom is -0.481 e. The number of carbonyl (C=O) groups is 3. The molecule has 0 aromatic carbocycles. The quantitative estimate of drug-likeness (QED) is 0.216. The molecular formula is C17H28N2O6. The summed E-state index contributed by atoms with van der Waals surface area (Å²) in [7, 11) is 0. The fourth-order valence-corrected chi connectivity index (χ4v) is 2.89. The lowest BCUT2D eigenvalue weighted by Gasteiger charge is -2.35. The summed E-state index contributed by atoms with van der Waals surface area (Å²) in [4.78, 5) is 39.1. The smallest absolute Gasteiger partial charge is 0.433 e. The maximum atomic E-state index is 11.8. The Morgan fingerprint density at radius 2 is 1.88 bits per heavy atom. The topological polar surface area (TPSA) is 114 Å². The van der Waals surface area contributed by atoms with Gasteiger partial charge in [0.15, 0.2) is 5.71 Å². The number of ether oxygens (including phenoxy) is 1. The second-order valence-corrected chi connectivity index (χ2v) is 6.53. The van der Waals surface area contributed by atoms with Crippen molar-refractivity contribution in [2.75, 3.05) is 13.2 Å². The summed E-state index contributed by atoms with van der Waals surface area (Å²) < 4.78 is 4.94. The summed E-state index contributed by atoms with van der Waals surface area (Å²) in [6.07, 6.45) is 5.35. The van der Waals surface area contributed by atoms with Crippen LogP contribution in [0.25, 0.3) is 0 Å². The lowest BCUT2D eigenvalue weighted by Crippen LogP contribution is -2.40. The number of esters is 1. The van der Waals surface area contributed by atoms with E-state index in [0.717, 1.165) is 44.9 Å². The molecule has 0 radical (unpaired) electrons. The van der Waals surface area contributed by atoms with Gasteiger partial charge < -0.3 is 15.2 Å². The minimum absolute atomic E-state index is 0.0132. The first-order chi connectivity index (χ1) is 11.9. The van der Waals surface area contributed by atoms with Gasteiger partial charge in [-0.15, -0.1) is 0 Å². The summed E-state index contributed by atoms with van der Waals surface area (Å²) in [5.41, 5.74) is -0.495. The Morgan fingerprint density at radius 3 is 2.48 bits per heavy atom. The van der Waals surface area contributed by atoms with Gasteiger partial charge in [0.2, 0.25) is 0 Å². The van der Waals surface area contributed by atoms with Crippen molar-refractivity contribution in [1.82, 2.24) is 5.32 Å². The van der Waals surface area contributed by atoms with E-state index in [9.17, 15) is 14.4 Å². The average molecular weight is 356 g/mol. The van der Waals surface area contributed by atoms with Crippen molar-refractivity contribution in [2.45, 2.75) is 65.2 Å². The number of hydrogen-bond acceptors (Lipinski definition) is 6. The van der Waals surface area contributed by atoms with Crippen LogP contribution in [0, 0.1) is 5.41 Å². The lowest BCUT2D eigenvalue weighted by atomic mass is 9.72. The fraction of sp³-hybridized carbons (Fsp3) is 0.765. The number of amides is 1. The Morgan fingerprint density at radius 1 is 1.20 bits per heavy atom. The van der Waals surface area contributed by atoms with Crippen molar-refractivity contribution >= 4 is 23.7 Å². The lowest BCUT2D eigenvalue weighted by molar-refractivity contribution is -0.140. The number of oxime groups is 1. The molecule has 1 aliphatic rings. The molecule has 1 rings (SSSR count). The first kappa shape index (κ1) is 20.9. The van der Waals surface area contributed by atoms with Crippen molar-refractivity contribution in [3.05, 3.63) is 0 Å². The van der Waals surface area contributed by atoms with Crippen LogP contribution in [0.15, 0.2) is 5.16 Å². The first-order valence-corrected chi connectivity index (χ1v) is 8.77. The van der Waals surface area contributed by atoms with Crippen molar-refractivity contribution in [3.63, 3.8) is 0 Å². The van der Waals surface area contributed by atoms with Crippen molar-refractivity contribution < 1.29 is 29.1 Å². The molecule has 142 valence electrons. The molecule has 0 aliphatic heterocycles. The van der Waals surface area contributed by atoms with E-state index in [1.54, 1.807) is 0 Å². The molecular weight excluding hydrogens is 328 g/mol. The van der Waals surface area contributed by atoms with Crippen LogP contribution >= 0.6 is 0 Å². The van der Waals surface area contributed by atoms with Crippen LogP contribution in [0.3, 0.4) is 0 Å². The monoisotopic (exact) mass is 356 g/mol. The number of hydrogen-bond donors (Lipinski definition) is 2. The summed E-state index contributed by atoms with van der Waals surface area (Å²) in [6, 6.07) is 0. The van der Waals surface area contributed by atoms with Crippen molar-refractivity contribution in [3.8, 4) is 0 Å². The Labute approximate surface area is 147 Å². The van der Waals surface area contributed by atoms with Gasteiger partial charge in [-0.1, -0.05) is 37.8 Å². The van der Waals surface area contributed by atoms with Gasteiger partial charge in [-0.05, 0) is 31.6 Å². The number of carboxylic acids is 1. The third-order valence-corrected chi connectivity index (χ3v) is 4.34. The normalized spacial score (nSPS) is 16.8. The number of unbranched alkanes of at least 4 members (excludes halogenated alkanes) is 1. The average Bonchev–Trinajstić information content (AvgIpc) is 2.58. The third-order valence-electron chi connectivity index (χ3n) is 4.34. The number of nitrogens with one attached hydrogen (secondary N) is 1. The summed E-state index contributed by atoms with van der Waals surface area (Å²) in [6.45, 7) is 3.89. The van der Waals surface area contributed by atoms with Gasteiger partial charge in [0.05, 0.1) is 13.0 Å². The Kier molecular flexibility index (Phi) is 8.94. The van der Waals surface area contributed by atoms with Crippen LogP contribution in [0.5, 0.6) is 0 Å². The molecule has 0 bridgehead atoms. The number of carboxylic acid groups (broad SMARTS) is 1. The van der Waals surface area contributed by atoms with Gasteiger partial charge in [-0.25, -0.2) is 9.59 Å². The summed E-state index contributed by atoms with van der Waals surface area (Å²) >= 11 is 0. The van der Waals surface area contributed by atoms with Crippen LogP contribution < -0.4 is 5.32 Å². The number of aliphatic carboxylic acids is 1. The van der Waals surface area contributed by atoms with Gasteiger partial charge in [0.25, 0.3) is 0 Å². The van der Waals surface area contributed by atoms with E-state index in [1.807, 2.05) is 6.92 Å². The van der Waals surface area contributed by atoms with Crippen LogP contribution in [-0.4, -0.2) is 42.0 Å². The Balaban J connectivity index is 2.45. The maximum absolute atomic E-state index is 11.8. The highest BCUT2D eigenvalue weighted by Gasteiger charge is 2.34. The third kappa shape index (κ3) is 8.00.